The molecule has 21 heavy (non-hydrogen) atoms. The Morgan fingerprint density at radius 2 is 2.14 bits per heavy atom. The lowest BCUT2D eigenvalue weighted by atomic mass is 10.0. The number of nitrogens with zero attached hydrogens (tertiary/aromatic N) is 4. The number of aromatic nitrogens is 4. The normalized spacial score (nSPS) is 13.7. The SMILES string of the molecule is COc1ccc(-c2nnnn2C(C)C(C)C(=O)O)cc1Br. The van der Waals surface area contributed by atoms with Crippen LogP contribution in [0.5, 0.6) is 5.75 Å². The van der Waals surface area contributed by atoms with E-state index in [1.807, 2.05) is 12.1 Å². The molecule has 8 heteroatoms. The zero-order valence-corrected chi connectivity index (χ0v) is 13.4. The third-order valence-corrected chi connectivity index (χ3v) is 4.02. The number of hydrogen-bond acceptors (Lipinski definition) is 5. The fraction of sp³-hybridized carbons (Fsp3) is 0.385. The van der Waals surface area contributed by atoms with Gasteiger partial charge in [0, 0.05) is 5.56 Å². The molecule has 0 bridgehead atoms. The summed E-state index contributed by atoms with van der Waals surface area (Å²) in [5.41, 5.74) is 0.775. The summed E-state index contributed by atoms with van der Waals surface area (Å²) in [7, 11) is 1.58. The summed E-state index contributed by atoms with van der Waals surface area (Å²) in [6, 6.07) is 5.08. The van der Waals surface area contributed by atoms with E-state index in [9.17, 15) is 4.79 Å². The van der Waals surface area contributed by atoms with Crippen molar-refractivity contribution in [2.45, 2.75) is 19.9 Å². The Labute approximate surface area is 130 Å². The third kappa shape index (κ3) is 3.05. The van der Waals surface area contributed by atoms with Gasteiger partial charge in [0.1, 0.15) is 5.75 Å². The number of methoxy groups -OCH3 is 1. The molecule has 0 spiro atoms. The van der Waals surface area contributed by atoms with Crippen LogP contribution >= 0.6 is 15.9 Å². The number of aliphatic carboxylic acids is 1. The molecule has 0 aliphatic heterocycles. The van der Waals surface area contributed by atoms with Crippen molar-refractivity contribution in [1.29, 1.82) is 0 Å². The molecule has 1 heterocycles. The predicted molar refractivity (Wildman–Crippen MR) is 79.0 cm³/mol. The highest BCUT2D eigenvalue weighted by Crippen LogP contribution is 2.31. The zero-order chi connectivity index (χ0) is 15.6. The summed E-state index contributed by atoms with van der Waals surface area (Å²) in [6.45, 7) is 3.40. The summed E-state index contributed by atoms with van der Waals surface area (Å²) >= 11 is 3.41. The van der Waals surface area contributed by atoms with Crippen LogP contribution in [0.15, 0.2) is 22.7 Å². The van der Waals surface area contributed by atoms with Crippen molar-refractivity contribution in [3.8, 4) is 17.1 Å². The van der Waals surface area contributed by atoms with E-state index in [0.29, 0.717) is 11.6 Å². The lowest BCUT2D eigenvalue weighted by Gasteiger charge is -2.17. The summed E-state index contributed by atoms with van der Waals surface area (Å²) in [6.07, 6.45) is 0. The summed E-state index contributed by atoms with van der Waals surface area (Å²) in [5, 5.41) is 20.7. The summed E-state index contributed by atoms with van der Waals surface area (Å²) in [5.74, 6) is -0.280. The standard InChI is InChI=1S/C13H15BrN4O3/c1-7(13(19)20)8(2)18-12(15-16-17-18)9-4-5-11(21-3)10(14)6-9/h4-8H,1-3H3,(H,19,20). The Morgan fingerprint density at radius 1 is 1.43 bits per heavy atom. The van der Waals surface area contributed by atoms with Crippen LogP contribution in [0.4, 0.5) is 0 Å². The molecule has 0 amide bonds. The number of carboxylic acid groups (broad SMARTS) is 1. The van der Waals surface area contributed by atoms with Crippen LogP contribution in [0.25, 0.3) is 11.4 Å². The third-order valence-electron chi connectivity index (χ3n) is 3.40. The number of carboxylic acids is 1. The van der Waals surface area contributed by atoms with Crippen molar-refractivity contribution >= 4 is 21.9 Å². The molecular formula is C13H15BrN4O3. The Balaban J connectivity index is 2.40. The first-order chi connectivity index (χ1) is 9.95. The van der Waals surface area contributed by atoms with E-state index in [1.54, 1.807) is 27.0 Å². The van der Waals surface area contributed by atoms with E-state index in [2.05, 4.69) is 31.5 Å². The second-order valence-corrected chi connectivity index (χ2v) is 5.52. The maximum atomic E-state index is 11.1. The highest BCUT2D eigenvalue weighted by molar-refractivity contribution is 9.10. The molecular weight excluding hydrogens is 340 g/mol. The van der Waals surface area contributed by atoms with Gasteiger partial charge in [-0.1, -0.05) is 0 Å². The number of rotatable bonds is 5. The molecule has 0 saturated heterocycles. The van der Waals surface area contributed by atoms with Crippen molar-refractivity contribution in [3.63, 3.8) is 0 Å². The molecule has 7 nitrogen and oxygen atoms in total. The smallest absolute Gasteiger partial charge is 0.308 e. The Bertz CT molecular complexity index is 659. The summed E-state index contributed by atoms with van der Waals surface area (Å²) in [4.78, 5) is 11.1. The van der Waals surface area contributed by atoms with Gasteiger partial charge in [-0.2, -0.15) is 0 Å². The Kier molecular flexibility index (Phi) is 4.56. The molecule has 1 aromatic carbocycles. The van der Waals surface area contributed by atoms with E-state index in [4.69, 9.17) is 9.84 Å². The van der Waals surface area contributed by atoms with E-state index >= 15 is 0 Å². The molecule has 2 atom stereocenters. The molecule has 2 aromatic rings. The van der Waals surface area contributed by atoms with Crippen LogP contribution in [-0.4, -0.2) is 38.4 Å². The Morgan fingerprint density at radius 3 is 2.71 bits per heavy atom. The minimum absolute atomic E-state index is 0.367. The van der Waals surface area contributed by atoms with Crippen molar-refractivity contribution < 1.29 is 14.6 Å². The number of tetrazole rings is 1. The predicted octanol–water partition coefficient (Wildman–Crippen LogP) is 2.39. The van der Waals surface area contributed by atoms with Gasteiger partial charge in [0.05, 0.1) is 23.5 Å². The number of hydrogen-bond donors (Lipinski definition) is 1. The van der Waals surface area contributed by atoms with E-state index in [0.717, 1.165) is 10.0 Å². The lowest BCUT2D eigenvalue weighted by Crippen LogP contribution is -2.23. The van der Waals surface area contributed by atoms with Crippen molar-refractivity contribution in [3.05, 3.63) is 22.7 Å². The molecule has 0 fully saturated rings. The fourth-order valence-corrected chi connectivity index (χ4v) is 2.42. The molecule has 2 rings (SSSR count). The maximum Gasteiger partial charge on any atom is 0.308 e. The molecule has 2 unspecified atom stereocenters. The average Bonchev–Trinajstić information content (AvgIpc) is 2.94. The molecule has 0 aliphatic rings. The topological polar surface area (TPSA) is 90.1 Å². The number of carbonyl (C=O) groups is 1. The number of benzene rings is 1. The molecule has 0 aliphatic carbocycles. The van der Waals surface area contributed by atoms with Gasteiger partial charge in [0.25, 0.3) is 0 Å². The van der Waals surface area contributed by atoms with Crippen LogP contribution in [0.2, 0.25) is 0 Å². The first kappa shape index (κ1) is 15.4. The highest BCUT2D eigenvalue weighted by Gasteiger charge is 2.25. The molecule has 1 aromatic heterocycles. The van der Waals surface area contributed by atoms with Gasteiger partial charge in [-0.05, 0) is 58.4 Å². The van der Waals surface area contributed by atoms with Crippen molar-refractivity contribution in [2.24, 2.45) is 5.92 Å². The molecule has 0 saturated carbocycles. The molecule has 112 valence electrons. The largest absolute Gasteiger partial charge is 0.496 e. The van der Waals surface area contributed by atoms with E-state index < -0.39 is 11.9 Å². The number of halogens is 1. The van der Waals surface area contributed by atoms with E-state index in [1.165, 1.54) is 4.68 Å². The highest BCUT2D eigenvalue weighted by atomic mass is 79.9. The van der Waals surface area contributed by atoms with Gasteiger partial charge >= 0.3 is 5.97 Å². The minimum Gasteiger partial charge on any atom is -0.496 e. The average molecular weight is 355 g/mol. The maximum absolute atomic E-state index is 11.1. The van der Waals surface area contributed by atoms with Gasteiger partial charge in [-0.15, -0.1) is 5.10 Å². The Hall–Kier alpha value is -1.96. The first-order valence-corrected chi connectivity index (χ1v) is 7.09. The first-order valence-electron chi connectivity index (χ1n) is 6.30. The van der Waals surface area contributed by atoms with Gasteiger partial charge in [0.15, 0.2) is 5.82 Å². The van der Waals surface area contributed by atoms with Crippen LogP contribution in [0.1, 0.15) is 19.9 Å². The van der Waals surface area contributed by atoms with Crippen LogP contribution in [0, 0.1) is 5.92 Å². The van der Waals surface area contributed by atoms with Crippen LogP contribution < -0.4 is 4.74 Å². The quantitative estimate of drug-likeness (QED) is 0.886. The molecule has 0 radical (unpaired) electrons. The molecule has 1 N–H and O–H groups in total. The zero-order valence-electron chi connectivity index (χ0n) is 11.8. The second kappa shape index (κ2) is 6.21. The minimum atomic E-state index is -0.889. The van der Waals surface area contributed by atoms with Crippen molar-refractivity contribution in [2.75, 3.05) is 7.11 Å². The van der Waals surface area contributed by atoms with E-state index in [-0.39, 0.29) is 6.04 Å². The van der Waals surface area contributed by atoms with Crippen LogP contribution in [-0.2, 0) is 4.79 Å². The summed E-state index contributed by atoms with van der Waals surface area (Å²) < 4.78 is 7.48. The monoisotopic (exact) mass is 354 g/mol. The fourth-order valence-electron chi connectivity index (χ4n) is 1.88. The van der Waals surface area contributed by atoms with Gasteiger partial charge in [-0.25, -0.2) is 4.68 Å². The van der Waals surface area contributed by atoms with Gasteiger partial charge in [-0.3, -0.25) is 4.79 Å². The lowest BCUT2D eigenvalue weighted by molar-refractivity contribution is -0.142. The number of ether oxygens (including phenoxy) is 1. The van der Waals surface area contributed by atoms with Crippen molar-refractivity contribution in [1.82, 2.24) is 20.2 Å². The van der Waals surface area contributed by atoms with Gasteiger partial charge in [0.2, 0.25) is 0 Å². The van der Waals surface area contributed by atoms with Gasteiger partial charge < -0.3 is 9.84 Å². The second-order valence-electron chi connectivity index (χ2n) is 4.66. The van der Waals surface area contributed by atoms with Crippen LogP contribution in [0.3, 0.4) is 0 Å².